The number of anilines is 1. The highest BCUT2D eigenvalue weighted by atomic mass is 79.9. The molecule has 0 aromatic heterocycles. The molecule has 0 fully saturated rings. The monoisotopic (exact) mass is 350 g/mol. The van der Waals surface area contributed by atoms with Gasteiger partial charge in [-0.3, -0.25) is 4.79 Å². The van der Waals surface area contributed by atoms with Crippen LogP contribution >= 0.6 is 27.5 Å². The normalized spacial score (nSPS) is 9.85. The summed E-state index contributed by atoms with van der Waals surface area (Å²) < 4.78 is 0.495. The van der Waals surface area contributed by atoms with Crippen LogP contribution in [0.1, 0.15) is 15.9 Å². The van der Waals surface area contributed by atoms with Gasteiger partial charge in [0.1, 0.15) is 11.8 Å². The first kappa shape index (κ1) is 14.4. The van der Waals surface area contributed by atoms with Gasteiger partial charge in [-0.25, -0.2) is 0 Å². The highest BCUT2D eigenvalue weighted by molar-refractivity contribution is 9.10. The number of phenols is 1. The second-order valence-corrected chi connectivity index (χ2v) is 5.21. The molecule has 0 saturated carbocycles. The van der Waals surface area contributed by atoms with Crippen LogP contribution in [0.5, 0.6) is 5.75 Å². The van der Waals surface area contributed by atoms with Gasteiger partial charge in [-0.1, -0.05) is 11.6 Å². The van der Waals surface area contributed by atoms with Gasteiger partial charge in [-0.05, 0) is 52.3 Å². The van der Waals surface area contributed by atoms with Crippen LogP contribution in [-0.2, 0) is 0 Å². The van der Waals surface area contributed by atoms with Gasteiger partial charge < -0.3 is 10.4 Å². The Morgan fingerprint density at radius 1 is 1.30 bits per heavy atom. The van der Waals surface area contributed by atoms with E-state index in [-0.39, 0.29) is 11.3 Å². The summed E-state index contributed by atoms with van der Waals surface area (Å²) in [5.74, 6) is -0.476. The lowest BCUT2D eigenvalue weighted by atomic mass is 10.1. The van der Waals surface area contributed by atoms with E-state index in [0.29, 0.717) is 20.7 Å². The van der Waals surface area contributed by atoms with E-state index in [1.54, 1.807) is 18.2 Å². The van der Waals surface area contributed by atoms with Gasteiger partial charge in [0, 0.05) is 10.6 Å². The Hall–Kier alpha value is -2.03. The Kier molecular flexibility index (Phi) is 4.28. The van der Waals surface area contributed by atoms with Crippen molar-refractivity contribution in [1.29, 1.82) is 5.26 Å². The number of amides is 1. The maximum atomic E-state index is 12.1. The number of rotatable bonds is 2. The number of halogens is 2. The molecule has 0 heterocycles. The third-order valence-corrected chi connectivity index (χ3v) is 3.46. The van der Waals surface area contributed by atoms with Crippen molar-refractivity contribution in [2.24, 2.45) is 0 Å². The molecule has 4 nitrogen and oxygen atoms in total. The van der Waals surface area contributed by atoms with Crippen LogP contribution in [-0.4, -0.2) is 11.0 Å². The lowest BCUT2D eigenvalue weighted by molar-refractivity contribution is 0.102. The molecule has 0 aliphatic rings. The molecule has 0 spiro atoms. The highest BCUT2D eigenvalue weighted by Crippen LogP contribution is 2.25. The SMILES string of the molecule is N#Cc1ccc(Cl)cc1NC(=O)c1ccc(Br)c(O)c1. The lowest BCUT2D eigenvalue weighted by Gasteiger charge is -2.08. The van der Waals surface area contributed by atoms with Crippen molar-refractivity contribution in [1.82, 2.24) is 0 Å². The highest BCUT2D eigenvalue weighted by Gasteiger charge is 2.11. The molecule has 0 saturated heterocycles. The predicted molar refractivity (Wildman–Crippen MR) is 79.9 cm³/mol. The molecule has 2 aromatic carbocycles. The van der Waals surface area contributed by atoms with E-state index in [4.69, 9.17) is 16.9 Å². The lowest BCUT2D eigenvalue weighted by Crippen LogP contribution is -2.12. The van der Waals surface area contributed by atoms with E-state index in [0.717, 1.165) is 0 Å². The average molecular weight is 352 g/mol. The van der Waals surface area contributed by atoms with Gasteiger partial charge in [0.05, 0.1) is 15.7 Å². The topological polar surface area (TPSA) is 73.1 Å². The Morgan fingerprint density at radius 2 is 2.05 bits per heavy atom. The molecule has 2 rings (SSSR count). The van der Waals surface area contributed by atoms with E-state index in [1.165, 1.54) is 18.2 Å². The molecular weight excluding hydrogens is 344 g/mol. The molecular formula is C14H8BrClN2O2. The number of benzene rings is 2. The van der Waals surface area contributed by atoms with Crippen LogP contribution in [0.2, 0.25) is 5.02 Å². The number of carbonyl (C=O) groups excluding carboxylic acids is 1. The van der Waals surface area contributed by atoms with Crippen molar-refractivity contribution in [3.8, 4) is 11.8 Å². The molecule has 0 radical (unpaired) electrons. The van der Waals surface area contributed by atoms with Gasteiger partial charge >= 0.3 is 0 Å². The van der Waals surface area contributed by atoms with Gasteiger partial charge in [-0.2, -0.15) is 5.26 Å². The predicted octanol–water partition coefficient (Wildman–Crippen LogP) is 3.93. The maximum Gasteiger partial charge on any atom is 0.255 e. The van der Waals surface area contributed by atoms with Gasteiger partial charge in [0.2, 0.25) is 0 Å². The molecule has 0 aliphatic carbocycles. The minimum Gasteiger partial charge on any atom is -0.507 e. The van der Waals surface area contributed by atoms with E-state index in [9.17, 15) is 9.90 Å². The number of nitrogens with one attached hydrogen (secondary N) is 1. The zero-order chi connectivity index (χ0) is 14.7. The molecule has 0 bridgehead atoms. The van der Waals surface area contributed by atoms with E-state index < -0.39 is 5.91 Å². The smallest absolute Gasteiger partial charge is 0.255 e. The van der Waals surface area contributed by atoms with Crippen LogP contribution in [0.3, 0.4) is 0 Å². The van der Waals surface area contributed by atoms with Crippen molar-refractivity contribution in [2.45, 2.75) is 0 Å². The summed E-state index contributed by atoms with van der Waals surface area (Å²) in [6.07, 6.45) is 0. The summed E-state index contributed by atoms with van der Waals surface area (Å²) in [5.41, 5.74) is 0.908. The minimum atomic E-state index is -0.438. The van der Waals surface area contributed by atoms with Gasteiger partial charge in [0.25, 0.3) is 5.91 Å². The summed E-state index contributed by atoms with van der Waals surface area (Å²) in [7, 11) is 0. The van der Waals surface area contributed by atoms with Crippen molar-refractivity contribution < 1.29 is 9.90 Å². The fourth-order valence-corrected chi connectivity index (χ4v) is 1.98. The second-order valence-electron chi connectivity index (χ2n) is 3.92. The quantitative estimate of drug-likeness (QED) is 0.861. The summed E-state index contributed by atoms with van der Waals surface area (Å²) in [5, 5.41) is 21.6. The number of phenolic OH excluding ortho intramolecular Hbond substituents is 1. The third kappa shape index (κ3) is 3.10. The van der Waals surface area contributed by atoms with Crippen LogP contribution in [0.4, 0.5) is 5.69 Å². The van der Waals surface area contributed by atoms with Crippen molar-refractivity contribution in [3.05, 3.63) is 57.0 Å². The van der Waals surface area contributed by atoms with Gasteiger partial charge in [-0.15, -0.1) is 0 Å². The Labute approximate surface area is 128 Å². The standard InChI is InChI=1S/C14H8BrClN2O2/c15-11-4-2-8(5-13(11)19)14(20)18-12-6-10(16)3-1-9(12)7-17/h1-6,19H,(H,18,20). The molecule has 20 heavy (non-hydrogen) atoms. The molecule has 2 N–H and O–H groups in total. The van der Waals surface area contributed by atoms with Crippen LogP contribution < -0.4 is 5.32 Å². The zero-order valence-electron chi connectivity index (χ0n) is 10.0. The molecule has 2 aromatic rings. The number of hydrogen-bond donors (Lipinski definition) is 2. The Morgan fingerprint density at radius 3 is 2.70 bits per heavy atom. The van der Waals surface area contributed by atoms with Crippen molar-refractivity contribution in [3.63, 3.8) is 0 Å². The third-order valence-electron chi connectivity index (χ3n) is 2.56. The first-order valence-electron chi connectivity index (χ1n) is 5.51. The Bertz CT molecular complexity index is 726. The van der Waals surface area contributed by atoms with Crippen molar-refractivity contribution in [2.75, 3.05) is 5.32 Å². The molecule has 0 atom stereocenters. The maximum absolute atomic E-state index is 12.1. The zero-order valence-corrected chi connectivity index (χ0v) is 12.4. The van der Waals surface area contributed by atoms with Crippen LogP contribution in [0.15, 0.2) is 40.9 Å². The second kappa shape index (κ2) is 5.95. The largest absolute Gasteiger partial charge is 0.507 e. The van der Waals surface area contributed by atoms with E-state index >= 15 is 0 Å². The number of nitriles is 1. The first-order chi connectivity index (χ1) is 9.51. The Balaban J connectivity index is 2.30. The molecule has 0 unspecified atom stereocenters. The summed E-state index contributed by atoms with van der Waals surface area (Å²) >= 11 is 8.98. The first-order valence-corrected chi connectivity index (χ1v) is 6.68. The molecule has 0 aliphatic heterocycles. The fourth-order valence-electron chi connectivity index (χ4n) is 1.57. The van der Waals surface area contributed by atoms with E-state index in [2.05, 4.69) is 21.2 Å². The molecule has 6 heteroatoms. The number of aromatic hydroxyl groups is 1. The van der Waals surface area contributed by atoms with Crippen LogP contribution in [0, 0.1) is 11.3 Å². The average Bonchev–Trinajstić information content (AvgIpc) is 2.42. The number of hydrogen-bond acceptors (Lipinski definition) is 3. The number of carbonyl (C=O) groups is 1. The summed E-state index contributed by atoms with van der Waals surface area (Å²) in [6, 6.07) is 11.0. The number of nitrogens with zero attached hydrogens (tertiary/aromatic N) is 1. The summed E-state index contributed by atoms with van der Waals surface area (Å²) in [6.45, 7) is 0. The van der Waals surface area contributed by atoms with E-state index in [1.807, 2.05) is 6.07 Å². The van der Waals surface area contributed by atoms with Crippen LogP contribution in [0.25, 0.3) is 0 Å². The minimum absolute atomic E-state index is 0.0377. The van der Waals surface area contributed by atoms with Gasteiger partial charge in [0.15, 0.2) is 0 Å². The van der Waals surface area contributed by atoms with Crippen molar-refractivity contribution >= 4 is 39.1 Å². The summed E-state index contributed by atoms with van der Waals surface area (Å²) in [4.78, 5) is 12.1. The molecule has 100 valence electrons. The molecule has 1 amide bonds. The fraction of sp³-hybridized carbons (Fsp3) is 0.